The highest BCUT2D eigenvalue weighted by Gasteiger charge is 2.46. The van der Waals surface area contributed by atoms with E-state index in [1.807, 2.05) is 37.4 Å². The topological polar surface area (TPSA) is 79.5 Å². The second kappa shape index (κ2) is 7.95. The van der Waals surface area contributed by atoms with Crippen molar-refractivity contribution in [2.24, 2.45) is 5.92 Å². The van der Waals surface area contributed by atoms with Crippen molar-refractivity contribution in [2.45, 2.75) is 50.1 Å². The predicted octanol–water partition coefficient (Wildman–Crippen LogP) is 3.80. The maximum atomic E-state index is 12.9. The van der Waals surface area contributed by atoms with Gasteiger partial charge in [-0.05, 0) is 50.3 Å². The van der Waals surface area contributed by atoms with E-state index >= 15 is 0 Å². The van der Waals surface area contributed by atoms with Crippen molar-refractivity contribution in [3.8, 4) is 11.4 Å². The van der Waals surface area contributed by atoms with Crippen LogP contribution < -0.4 is 0 Å². The van der Waals surface area contributed by atoms with Gasteiger partial charge in [-0.25, -0.2) is 4.79 Å². The smallest absolute Gasteiger partial charge is 0.327 e. The molecule has 0 bridgehead atoms. The van der Waals surface area contributed by atoms with Crippen LogP contribution in [0.4, 0.5) is 4.79 Å². The first-order chi connectivity index (χ1) is 13.6. The fourth-order valence-electron chi connectivity index (χ4n) is 4.16. The lowest BCUT2D eigenvalue weighted by Crippen LogP contribution is -2.61. The predicted molar refractivity (Wildman–Crippen MR) is 106 cm³/mol. The first-order valence-corrected chi connectivity index (χ1v) is 10.9. The van der Waals surface area contributed by atoms with Crippen molar-refractivity contribution < 1.29 is 14.1 Å². The number of hydrogen-bond donors (Lipinski definition) is 0. The number of imide groups is 1. The lowest BCUT2D eigenvalue weighted by Gasteiger charge is -2.46. The molecule has 1 saturated heterocycles. The van der Waals surface area contributed by atoms with E-state index in [9.17, 15) is 9.59 Å². The van der Waals surface area contributed by atoms with Crippen LogP contribution >= 0.6 is 11.8 Å². The zero-order valence-corrected chi connectivity index (χ0v) is 16.9. The number of thioether (sulfide) groups is 1. The molecule has 2 unspecified atom stereocenters. The van der Waals surface area contributed by atoms with E-state index in [1.165, 1.54) is 9.80 Å². The molecule has 1 aromatic heterocycles. The molecule has 0 N–H and O–H groups in total. The number of urea groups is 1. The molecule has 2 aromatic rings. The molecule has 2 aliphatic rings. The van der Waals surface area contributed by atoms with Gasteiger partial charge < -0.3 is 9.42 Å². The zero-order valence-electron chi connectivity index (χ0n) is 16.1. The summed E-state index contributed by atoms with van der Waals surface area (Å²) in [6, 6.07) is 7.62. The normalized spacial score (nSPS) is 22.5. The first-order valence-electron chi connectivity index (χ1n) is 9.71. The number of hydrogen-bond acceptors (Lipinski definition) is 6. The van der Waals surface area contributed by atoms with Gasteiger partial charge in [0.25, 0.3) is 0 Å². The lowest BCUT2D eigenvalue weighted by atomic mass is 9.81. The summed E-state index contributed by atoms with van der Waals surface area (Å²) in [4.78, 5) is 34.3. The molecule has 1 aliphatic carbocycles. The van der Waals surface area contributed by atoms with E-state index in [2.05, 4.69) is 10.1 Å². The van der Waals surface area contributed by atoms with Crippen LogP contribution in [0.3, 0.4) is 0 Å². The maximum Gasteiger partial charge on any atom is 0.327 e. The molecule has 3 amide bonds. The molecular formula is C20H24N4O3S. The molecule has 1 aliphatic heterocycles. The summed E-state index contributed by atoms with van der Waals surface area (Å²) in [6.07, 6.45) is 5.77. The Labute approximate surface area is 168 Å². The molecular weight excluding hydrogens is 376 g/mol. The fourth-order valence-corrected chi connectivity index (χ4v) is 4.57. The van der Waals surface area contributed by atoms with Crippen molar-refractivity contribution in [1.29, 1.82) is 0 Å². The van der Waals surface area contributed by atoms with Crippen LogP contribution in [0.1, 0.15) is 38.5 Å². The molecule has 0 radical (unpaired) electrons. The van der Waals surface area contributed by atoms with Crippen LogP contribution in [-0.2, 0) is 11.3 Å². The van der Waals surface area contributed by atoms with Gasteiger partial charge in [0, 0.05) is 23.0 Å². The molecule has 1 aromatic carbocycles. The van der Waals surface area contributed by atoms with Gasteiger partial charge in [0.05, 0.1) is 5.92 Å². The van der Waals surface area contributed by atoms with Crippen molar-refractivity contribution in [2.75, 3.05) is 12.8 Å². The summed E-state index contributed by atoms with van der Waals surface area (Å²) in [5.41, 5.74) is 0.874. The van der Waals surface area contributed by atoms with Crippen LogP contribution in [0.5, 0.6) is 0 Å². The molecule has 0 spiro atoms. The quantitative estimate of drug-likeness (QED) is 0.710. The van der Waals surface area contributed by atoms with E-state index in [1.54, 1.807) is 16.7 Å². The van der Waals surface area contributed by atoms with Gasteiger partial charge in [0.2, 0.25) is 17.6 Å². The number of aromatic nitrogens is 2. The summed E-state index contributed by atoms with van der Waals surface area (Å²) in [5, 5.41) is 4.08. The van der Waals surface area contributed by atoms with Gasteiger partial charge in [-0.3, -0.25) is 9.69 Å². The second-order valence-electron chi connectivity index (χ2n) is 7.19. The molecule has 2 heterocycles. The van der Waals surface area contributed by atoms with Crippen molar-refractivity contribution in [3.63, 3.8) is 0 Å². The number of rotatable bonds is 5. The second-order valence-corrected chi connectivity index (χ2v) is 8.07. The van der Waals surface area contributed by atoms with Gasteiger partial charge in [-0.1, -0.05) is 18.0 Å². The number of fused-ring (bicyclic) bond motifs is 1. The maximum absolute atomic E-state index is 12.9. The molecule has 7 nitrogen and oxygen atoms in total. The van der Waals surface area contributed by atoms with Crippen LogP contribution in [0.15, 0.2) is 33.7 Å². The Morgan fingerprint density at radius 3 is 2.64 bits per heavy atom. The average Bonchev–Trinajstić information content (AvgIpc) is 3.20. The van der Waals surface area contributed by atoms with Crippen molar-refractivity contribution in [3.05, 3.63) is 30.2 Å². The Balaban J connectivity index is 1.56. The number of carbonyl (C=O) groups excluding carboxylic acids is 2. The Morgan fingerprint density at radius 1 is 1.18 bits per heavy atom. The van der Waals surface area contributed by atoms with E-state index in [4.69, 9.17) is 4.52 Å². The Bertz CT molecular complexity index is 867. The molecule has 2 fully saturated rings. The Hall–Kier alpha value is -2.35. The van der Waals surface area contributed by atoms with Gasteiger partial charge in [0.15, 0.2) is 0 Å². The summed E-state index contributed by atoms with van der Waals surface area (Å²) < 4.78 is 5.44. The Kier molecular flexibility index (Phi) is 5.39. The van der Waals surface area contributed by atoms with Crippen molar-refractivity contribution in [1.82, 2.24) is 19.9 Å². The van der Waals surface area contributed by atoms with Gasteiger partial charge in [-0.2, -0.15) is 4.98 Å². The Morgan fingerprint density at radius 2 is 1.93 bits per heavy atom. The van der Waals surface area contributed by atoms with Gasteiger partial charge in [-0.15, -0.1) is 11.8 Å². The minimum absolute atomic E-state index is 0.0337. The molecule has 28 heavy (non-hydrogen) atoms. The standard InChI is InChI=1S/C20H24N4O3S/c1-3-23-19(25)15-6-4-5-7-16(15)24(20(23)26)12-17-21-18(22-27-17)13-8-10-14(28-2)11-9-13/h8-11,15-16H,3-7,12H2,1-2H3. The van der Waals surface area contributed by atoms with Crippen LogP contribution in [0, 0.1) is 5.92 Å². The fraction of sp³-hybridized carbons (Fsp3) is 0.500. The largest absolute Gasteiger partial charge is 0.337 e. The first kappa shape index (κ1) is 19.0. The average molecular weight is 401 g/mol. The number of nitrogens with zero attached hydrogens (tertiary/aromatic N) is 4. The SMILES string of the molecule is CCN1C(=O)C2CCCCC2N(Cc2nc(-c3ccc(SC)cc3)no2)C1=O. The molecule has 4 rings (SSSR count). The minimum Gasteiger partial charge on any atom is -0.337 e. The summed E-state index contributed by atoms with van der Waals surface area (Å²) in [5.74, 6) is 0.754. The van der Waals surface area contributed by atoms with Crippen LogP contribution in [-0.4, -0.2) is 50.7 Å². The number of amides is 3. The highest BCUT2D eigenvalue weighted by Crippen LogP contribution is 2.35. The van der Waals surface area contributed by atoms with Crippen LogP contribution in [0.25, 0.3) is 11.4 Å². The third kappa shape index (κ3) is 3.41. The van der Waals surface area contributed by atoms with Gasteiger partial charge >= 0.3 is 6.03 Å². The number of benzene rings is 1. The summed E-state index contributed by atoms with van der Waals surface area (Å²) in [6.45, 7) is 2.45. The summed E-state index contributed by atoms with van der Waals surface area (Å²) in [7, 11) is 0. The van der Waals surface area contributed by atoms with Gasteiger partial charge in [0.1, 0.15) is 6.54 Å². The van der Waals surface area contributed by atoms with E-state index in [0.717, 1.165) is 31.2 Å². The molecule has 8 heteroatoms. The third-order valence-electron chi connectivity index (χ3n) is 5.63. The summed E-state index contributed by atoms with van der Waals surface area (Å²) >= 11 is 1.67. The van der Waals surface area contributed by atoms with E-state index in [-0.39, 0.29) is 30.4 Å². The molecule has 148 valence electrons. The molecule has 1 saturated carbocycles. The zero-order chi connectivity index (χ0) is 19.7. The van der Waals surface area contributed by atoms with E-state index in [0.29, 0.717) is 18.3 Å². The van der Waals surface area contributed by atoms with E-state index < -0.39 is 0 Å². The minimum atomic E-state index is -0.250. The van der Waals surface area contributed by atoms with Crippen LogP contribution in [0.2, 0.25) is 0 Å². The molecule has 2 atom stereocenters. The highest BCUT2D eigenvalue weighted by molar-refractivity contribution is 7.98. The number of carbonyl (C=O) groups is 2. The monoisotopic (exact) mass is 400 g/mol. The third-order valence-corrected chi connectivity index (χ3v) is 6.37. The highest BCUT2D eigenvalue weighted by atomic mass is 32.2. The van der Waals surface area contributed by atoms with Crippen molar-refractivity contribution >= 4 is 23.7 Å². The lowest BCUT2D eigenvalue weighted by molar-refractivity contribution is -0.140.